The number of hydrogen-bond acceptors (Lipinski definition) is 4. The van der Waals surface area contributed by atoms with E-state index in [2.05, 4.69) is 30.4 Å². The molecule has 0 atom stereocenters. The molecule has 12 N–H and O–H groups in total. The van der Waals surface area contributed by atoms with Crippen molar-refractivity contribution in [3.63, 3.8) is 0 Å². The van der Waals surface area contributed by atoms with Gasteiger partial charge in [-0.3, -0.25) is 0 Å². The van der Waals surface area contributed by atoms with Crippen LogP contribution in [0.25, 0.3) is 21.5 Å². The van der Waals surface area contributed by atoms with Crippen molar-refractivity contribution in [3.8, 4) is 0 Å². The summed E-state index contributed by atoms with van der Waals surface area (Å²) >= 11 is 0. The maximum Gasteiger partial charge on any atom is 0.243 e. The first-order valence-electron chi connectivity index (χ1n) is 9.22. The Morgan fingerprint density at radius 1 is 0.531 bits per heavy atom. The van der Waals surface area contributed by atoms with E-state index in [4.69, 9.17) is 34.4 Å². The average molecular weight is 430 g/mol. The van der Waals surface area contributed by atoms with E-state index in [1.54, 1.807) is 12.4 Å². The zero-order chi connectivity index (χ0) is 23.1. The molecule has 0 aliphatic rings. The Morgan fingerprint density at radius 3 is 1.12 bits per heavy atom. The van der Waals surface area contributed by atoms with E-state index >= 15 is 0 Å². The fraction of sp³-hybridized carbons (Fsp3) is 0. The van der Waals surface area contributed by atoms with Crippen LogP contribution in [0.4, 0.5) is 0 Å². The molecule has 32 heavy (non-hydrogen) atoms. The molecule has 0 radical (unpaired) electrons. The molecule has 3 rings (SSSR count). The second-order valence-corrected chi connectivity index (χ2v) is 6.40. The lowest BCUT2D eigenvalue weighted by Crippen LogP contribution is -2.26. The van der Waals surface area contributed by atoms with Crippen molar-refractivity contribution in [2.45, 2.75) is 0 Å². The monoisotopic (exact) mass is 430 g/mol. The minimum atomic E-state index is -0.205. The topological polar surface area (TPSA) is 230 Å². The minimum Gasteiger partial charge on any atom is -0.370 e. The number of benzene rings is 3. The maximum absolute atomic E-state index is 5.62. The van der Waals surface area contributed by atoms with E-state index < -0.39 is 0 Å². The highest BCUT2D eigenvalue weighted by Crippen LogP contribution is 2.31. The summed E-state index contributed by atoms with van der Waals surface area (Å²) in [4.78, 5) is 7.27. The van der Waals surface area contributed by atoms with Crippen molar-refractivity contribution in [1.82, 2.24) is 0 Å². The first-order chi connectivity index (χ1) is 15.4. The molecule has 0 aliphatic heterocycles. The Bertz CT molecular complexity index is 1160. The van der Waals surface area contributed by atoms with E-state index in [1.807, 2.05) is 48.5 Å². The van der Waals surface area contributed by atoms with Gasteiger partial charge in [-0.05, 0) is 21.5 Å². The van der Waals surface area contributed by atoms with E-state index in [-0.39, 0.29) is 23.8 Å². The summed E-state index contributed by atoms with van der Waals surface area (Å²) in [5.41, 5.74) is 34.1. The first-order valence-corrected chi connectivity index (χ1v) is 9.22. The van der Waals surface area contributed by atoms with Crippen molar-refractivity contribution >= 4 is 57.8 Å². The molecule has 0 saturated heterocycles. The van der Waals surface area contributed by atoms with Crippen LogP contribution in [0.1, 0.15) is 11.1 Å². The van der Waals surface area contributed by atoms with Gasteiger partial charge in [0.1, 0.15) is 0 Å². The number of nitrogens with two attached hydrogens (primary N) is 6. The van der Waals surface area contributed by atoms with Gasteiger partial charge >= 0.3 is 0 Å². The van der Waals surface area contributed by atoms with Gasteiger partial charge in [0.15, 0.2) is 11.9 Å². The zero-order valence-corrected chi connectivity index (χ0v) is 16.9. The predicted octanol–water partition coefficient (Wildman–Crippen LogP) is -0.163. The fourth-order valence-electron chi connectivity index (χ4n) is 3.07. The first kappa shape index (κ1) is 21.7. The summed E-state index contributed by atoms with van der Waals surface area (Å²) in [7, 11) is 0. The summed E-state index contributed by atoms with van der Waals surface area (Å²) in [5.74, 6) is -0.724. The Hall–Kier alpha value is -5.00. The van der Waals surface area contributed by atoms with Gasteiger partial charge in [0.2, 0.25) is 11.9 Å². The standard InChI is InChI=1S/C20H22N12/c21-17(22)29-19(25)31-27-9-15-11-5-1-2-6-12(11)16(14-8-4-3-7-13(14)15)10-28-32-20(26)30-18(23)24/h1-10H,(H6,21,22,25,29,31)(H6,23,24,26,30,32). The van der Waals surface area contributed by atoms with Crippen LogP contribution in [0, 0.1) is 0 Å². The molecule has 0 spiro atoms. The Morgan fingerprint density at radius 2 is 0.844 bits per heavy atom. The van der Waals surface area contributed by atoms with Gasteiger partial charge in [-0.1, -0.05) is 48.5 Å². The number of hydrogen-bond donors (Lipinski definition) is 6. The van der Waals surface area contributed by atoms with Crippen LogP contribution < -0.4 is 34.4 Å². The number of nitrogens with zero attached hydrogens (tertiary/aromatic N) is 6. The molecule has 0 aliphatic carbocycles. The van der Waals surface area contributed by atoms with E-state index in [0.29, 0.717) is 0 Å². The number of guanidine groups is 4. The van der Waals surface area contributed by atoms with E-state index in [1.165, 1.54) is 0 Å². The van der Waals surface area contributed by atoms with Gasteiger partial charge in [-0.25, -0.2) is 0 Å². The molecule has 0 unspecified atom stereocenters. The molecule has 12 nitrogen and oxygen atoms in total. The molecule has 12 heteroatoms. The van der Waals surface area contributed by atoms with Gasteiger partial charge in [-0.2, -0.15) is 20.2 Å². The summed E-state index contributed by atoms with van der Waals surface area (Å²) in [6.45, 7) is 0. The third kappa shape index (κ3) is 5.13. The normalized spacial score (nSPS) is 12.6. The lowest BCUT2D eigenvalue weighted by atomic mass is 9.92. The lowest BCUT2D eigenvalue weighted by Gasteiger charge is -2.11. The summed E-state index contributed by atoms with van der Waals surface area (Å²) < 4.78 is 0. The van der Waals surface area contributed by atoms with Crippen molar-refractivity contribution in [1.29, 1.82) is 0 Å². The summed E-state index contributed by atoms with van der Waals surface area (Å²) in [5, 5.41) is 19.4. The molecular formula is C20H22N12. The Kier molecular flexibility index (Phi) is 6.56. The Balaban J connectivity index is 2.19. The highest BCUT2D eigenvalue weighted by atomic mass is 15.3. The van der Waals surface area contributed by atoms with E-state index in [0.717, 1.165) is 32.7 Å². The van der Waals surface area contributed by atoms with Crippen molar-refractivity contribution in [2.24, 2.45) is 64.8 Å². The summed E-state index contributed by atoms with van der Waals surface area (Å²) in [6, 6.07) is 15.5. The van der Waals surface area contributed by atoms with Crippen LogP contribution >= 0.6 is 0 Å². The van der Waals surface area contributed by atoms with Gasteiger partial charge < -0.3 is 34.4 Å². The number of aliphatic imine (C=N–C) groups is 2. The lowest BCUT2D eigenvalue weighted by molar-refractivity contribution is 1.21. The largest absolute Gasteiger partial charge is 0.370 e. The van der Waals surface area contributed by atoms with Crippen LogP contribution in [0.5, 0.6) is 0 Å². The van der Waals surface area contributed by atoms with Gasteiger partial charge in [0.05, 0.1) is 12.4 Å². The molecule has 3 aromatic rings. The van der Waals surface area contributed by atoms with Crippen molar-refractivity contribution < 1.29 is 0 Å². The minimum absolute atomic E-state index is 0.158. The van der Waals surface area contributed by atoms with Gasteiger partial charge in [0, 0.05) is 11.1 Å². The highest BCUT2D eigenvalue weighted by Gasteiger charge is 2.11. The van der Waals surface area contributed by atoms with Crippen LogP contribution in [0.15, 0.2) is 78.9 Å². The molecule has 0 heterocycles. The third-order valence-electron chi connectivity index (χ3n) is 4.20. The van der Waals surface area contributed by atoms with Crippen LogP contribution in [0.2, 0.25) is 0 Å². The highest BCUT2D eigenvalue weighted by molar-refractivity contribution is 6.21. The molecule has 0 aromatic heterocycles. The second kappa shape index (κ2) is 9.67. The van der Waals surface area contributed by atoms with E-state index in [9.17, 15) is 0 Å². The predicted molar refractivity (Wildman–Crippen MR) is 132 cm³/mol. The molecule has 0 bridgehead atoms. The quantitative estimate of drug-likeness (QED) is 0.142. The molecule has 162 valence electrons. The van der Waals surface area contributed by atoms with Gasteiger partial charge in [-0.15, -0.1) is 10.2 Å². The zero-order valence-electron chi connectivity index (χ0n) is 16.9. The molecule has 0 saturated carbocycles. The SMILES string of the molecule is NC(N)=NC(N)=NN=Cc1c2ccccc2c(C=NN=C(N)N=C(N)N)c2ccccc12. The summed E-state index contributed by atoms with van der Waals surface area (Å²) in [6.07, 6.45) is 3.19. The van der Waals surface area contributed by atoms with Crippen LogP contribution in [-0.2, 0) is 0 Å². The number of rotatable bonds is 4. The molecule has 0 amide bonds. The average Bonchev–Trinajstić information content (AvgIpc) is 2.74. The van der Waals surface area contributed by atoms with Crippen molar-refractivity contribution in [2.75, 3.05) is 0 Å². The van der Waals surface area contributed by atoms with Crippen LogP contribution in [-0.4, -0.2) is 36.3 Å². The molecule has 3 aromatic carbocycles. The maximum atomic E-state index is 5.62. The van der Waals surface area contributed by atoms with Gasteiger partial charge in [0.25, 0.3) is 0 Å². The number of fused-ring (bicyclic) bond motifs is 2. The second-order valence-electron chi connectivity index (χ2n) is 6.40. The smallest absolute Gasteiger partial charge is 0.243 e. The Labute approximate surface area is 182 Å². The van der Waals surface area contributed by atoms with Crippen LogP contribution in [0.3, 0.4) is 0 Å². The van der Waals surface area contributed by atoms with Crippen molar-refractivity contribution in [3.05, 3.63) is 59.7 Å². The molecule has 0 fully saturated rings. The fourth-order valence-corrected chi connectivity index (χ4v) is 3.07. The molecular weight excluding hydrogens is 408 g/mol. The third-order valence-corrected chi connectivity index (χ3v) is 4.20.